The number of primary amides is 1. The molecule has 7 heteroatoms. The second-order valence-electron chi connectivity index (χ2n) is 4.77. The van der Waals surface area contributed by atoms with Crippen LogP contribution in [0.2, 0.25) is 0 Å². The van der Waals surface area contributed by atoms with Crippen LogP contribution in [0.1, 0.15) is 48.1 Å². The molecule has 114 valence electrons. The summed E-state index contributed by atoms with van der Waals surface area (Å²) in [7, 11) is 0. The van der Waals surface area contributed by atoms with Gasteiger partial charge in [-0.15, -0.1) is 11.3 Å². The Morgan fingerprint density at radius 2 is 2.05 bits per heavy atom. The van der Waals surface area contributed by atoms with Crippen LogP contribution < -0.4 is 11.1 Å². The van der Waals surface area contributed by atoms with E-state index in [1.165, 1.54) is 16.2 Å². The van der Waals surface area contributed by atoms with Crippen molar-refractivity contribution < 1.29 is 14.7 Å². The zero-order valence-electron chi connectivity index (χ0n) is 12.4. The minimum Gasteiger partial charge on any atom is -0.389 e. The number of carbonyl (C=O) groups excluding carboxylic acids is 2. The minimum absolute atomic E-state index is 0.302. The third kappa shape index (κ3) is 7.20. The quantitative estimate of drug-likeness (QED) is 0.678. The van der Waals surface area contributed by atoms with Gasteiger partial charge in [0.2, 0.25) is 6.41 Å². The van der Waals surface area contributed by atoms with E-state index in [2.05, 4.69) is 17.2 Å². The van der Waals surface area contributed by atoms with Crippen LogP contribution in [0.4, 0.5) is 0 Å². The summed E-state index contributed by atoms with van der Waals surface area (Å²) in [5.41, 5.74) is 5.33. The molecule has 0 saturated carbocycles. The molecule has 1 aromatic heterocycles. The molecular formula is C13H23N3O3S. The second-order valence-corrected chi connectivity index (χ2v) is 5.86. The van der Waals surface area contributed by atoms with Crippen molar-refractivity contribution in [3.63, 3.8) is 0 Å². The second kappa shape index (κ2) is 8.65. The molecule has 1 heterocycles. The first-order valence-corrected chi connectivity index (χ1v) is 7.24. The number of nitrogens with two attached hydrogens (primary N) is 1. The Bertz CT molecular complexity index is 417. The van der Waals surface area contributed by atoms with E-state index >= 15 is 0 Å². The highest BCUT2D eigenvalue weighted by Gasteiger charge is 2.11. The highest BCUT2D eigenvalue weighted by Crippen LogP contribution is 2.19. The van der Waals surface area contributed by atoms with E-state index in [0.717, 1.165) is 18.5 Å². The zero-order valence-corrected chi connectivity index (χ0v) is 13.2. The average molecular weight is 301 g/mol. The maximum Gasteiger partial charge on any atom is 0.277 e. The molecular weight excluding hydrogens is 278 g/mol. The molecule has 2 amide bonds. The van der Waals surface area contributed by atoms with Gasteiger partial charge in [0, 0.05) is 11.4 Å². The van der Waals surface area contributed by atoms with E-state index in [-0.39, 0.29) is 0 Å². The first-order chi connectivity index (χ1) is 9.25. The molecule has 6 nitrogen and oxygen atoms in total. The number of amides is 2. The third-order valence-corrected chi connectivity index (χ3v) is 3.52. The molecule has 0 aromatic carbocycles. The molecule has 0 bridgehead atoms. The Kier molecular flexibility index (Phi) is 8.02. The largest absolute Gasteiger partial charge is 0.389 e. The van der Waals surface area contributed by atoms with Gasteiger partial charge < -0.3 is 16.2 Å². The van der Waals surface area contributed by atoms with E-state index in [0.29, 0.717) is 18.0 Å². The number of nitrogens with zero attached hydrogens (tertiary/aromatic N) is 1. The SMILES string of the molecule is CC(C)(O)CNC=O.CCc1nc(C(N)=O)sc1CC. The van der Waals surface area contributed by atoms with E-state index < -0.39 is 11.5 Å². The number of aliphatic hydroxyl groups is 1. The van der Waals surface area contributed by atoms with E-state index in [9.17, 15) is 9.59 Å². The van der Waals surface area contributed by atoms with Crippen molar-refractivity contribution in [1.29, 1.82) is 0 Å². The first-order valence-electron chi connectivity index (χ1n) is 6.42. The van der Waals surface area contributed by atoms with Crippen molar-refractivity contribution in [1.82, 2.24) is 10.3 Å². The van der Waals surface area contributed by atoms with Crippen molar-refractivity contribution in [2.45, 2.75) is 46.1 Å². The number of hydrogen-bond acceptors (Lipinski definition) is 5. The molecule has 0 saturated heterocycles. The van der Waals surface area contributed by atoms with Gasteiger partial charge in [0.1, 0.15) is 0 Å². The molecule has 0 radical (unpaired) electrons. The molecule has 4 N–H and O–H groups in total. The van der Waals surface area contributed by atoms with Crippen LogP contribution in [-0.2, 0) is 17.6 Å². The van der Waals surface area contributed by atoms with Crippen molar-refractivity contribution in [2.24, 2.45) is 5.73 Å². The van der Waals surface area contributed by atoms with Gasteiger partial charge in [0.25, 0.3) is 5.91 Å². The number of rotatable bonds is 6. The summed E-state index contributed by atoms with van der Waals surface area (Å²) in [6, 6.07) is 0. The Balaban J connectivity index is 0.000000396. The lowest BCUT2D eigenvalue weighted by molar-refractivity contribution is -0.110. The standard InChI is InChI=1S/C8H12N2OS.C5H11NO2/c1-3-5-6(4-2)12-8(10-5)7(9)11;1-5(2,8)3-6-4-7/h3-4H2,1-2H3,(H2,9,11);4,8H,3H2,1-2H3,(H,6,7). The van der Waals surface area contributed by atoms with Gasteiger partial charge in [-0.3, -0.25) is 9.59 Å². The van der Waals surface area contributed by atoms with Crippen molar-refractivity contribution in [3.05, 3.63) is 15.6 Å². The molecule has 0 spiro atoms. The lowest BCUT2D eigenvalue weighted by atomic mass is 10.1. The van der Waals surface area contributed by atoms with Gasteiger partial charge in [-0.05, 0) is 26.7 Å². The molecule has 0 aliphatic heterocycles. The smallest absolute Gasteiger partial charge is 0.277 e. The molecule has 0 aliphatic rings. The predicted octanol–water partition coefficient (Wildman–Crippen LogP) is 0.870. The summed E-state index contributed by atoms with van der Waals surface area (Å²) in [5, 5.41) is 11.7. The van der Waals surface area contributed by atoms with Crippen LogP contribution in [0.5, 0.6) is 0 Å². The number of aromatic nitrogens is 1. The Hall–Kier alpha value is -1.47. The normalized spacial score (nSPS) is 10.4. The summed E-state index contributed by atoms with van der Waals surface area (Å²) < 4.78 is 0. The maximum atomic E-state index is 10.8. The summed E-state index contributed by atoms with van der Waals surface area (Å²) in [6.07, 6.45) is 2.36. The van der Waals surface area contributed by atoms with Crippen LogP contribution in [0.25, 0.3) is 0 Å². The summed E-state index contributed by atoms with van der Waals surface area (Å²) >= 11 is 1.41. The highest BCUT2D eigenvalue weighted by molar-refractivity contribution is 7.13. The van der Waals surface area contributed by atoms with Crippen molar-refractivity contribution in [2.75, 3.05) is 6.54 Å². The van der Waals surface area contributed by atoms with Crippen LogP contribution in [-0.4, -0.2) is 34.6 Å². The Morgan fingerprint density at radius 3 is 2.30 bits per heavy atom. The van der Waals surface area contributed by atoms with Crippen LogP contribution in [0.3, 0.4) is 0 Å². The topological polar surface area (TPSA) is 105 Å². The fourth-order valence-electron chi connectivity index (χ4n) is 1.33. The fraction of sp³-hybridized carbons (Fsp3) is 0.615. The number of nitrogens with one attached hydrogen (secondary N) is 1. The lowest BCUT2D eigenvalue weighted by Gasteiger charge is -2.14. The van der Waals surface area contributed by atoms with Crippen LogP contribution in [0.15, 0.2) is 0 Å². The molecule has 0 aliphatic carbocycles. The molecule has 0 fully saturated rings. The Morgan fingerprint density at radius 1 is 1.45 bits per heavy atom. The zero-order chi connectivity index (χ0) is 15.8. The van der Waals surface area contributed by atoms with Gasteiger partial charge in [-0.1, -0.05) is 13.8 Å². The van der Waals surface area contributed by atoms with Gasteiger partial charge >= 0.3 is 0 Å². The van der Waals surface area contributed by atoms with Crippen molar-refractivity contribution in [3.8, 4) is 0 Å². The highest BCUT2D eigenvalue weighted by atomic mass is 32.1. The first kappa shape index (κ1) is 18.5. The average Bonchev–Trinajstić information content (AvgIpc) is 2.79. The number of hydrogen-bond donors (Lipinski definition) is 3. The molecule has 1 rings (SSSR count). The van der Waals surface area contributed by atoms with Gasteiger partial charge in [-0.2, -0.15) is 0 Å². The predicted molar refractivity (Wildman–Crippen MR) is 79.8 cm³/mol. The fourth-order valence-corrected chi connectivity index (χ4v) is 2.27. The maximum absolute atomic E-state index is 10.8. The third-order valence-electron chi connectivity index (χ3n) is 2.26. The van der Waals surface area contributed by atoms with Gasteiger partial charge in [0.05, 0.1) is 11.3 Å². The number of carbonyl (C=O) groups is 2. The molecule has 0 unspecified atom stereocenters. The van der Waals surface area contributed by atoms with E-state index in [1.54, 1.807) is 13.8 Å². The Labute approximate surface area is 123 Å². The number of thiazole rings is 1. The van der Waals surface area contributed by atoms with Crippen LogP contribution >= 0.6 is 11.3 Å². The van der Waals surface area contributed by atoms with Gasteiger partial charge in [-0.25, -0.2) is 4.98 Å². The van der Waals surface area contributed by atoms with Crippen LogP contribution in [0, 0.1) is 0 Å². The minimum atomic E-state index is -0.791. The molecule has 20 heavy (non-hydrogen) atoms. The summed E-state index contributed by atoms with van der Waals surface area (Å²) in [4.78, 5) is 25.7. The summed E-state index contributed by atoms with van der Waals surface area (Å²) in [5.74, 6) is -0.422. The lowest BCUT2D eigenvalue weighted by Crippen LogP contribution is -2.33. The monoisotopic (exact) mass is 301 g/mol. The van der Waals surface area contributed by atoms with E-state index in [1.807, 2.05) is 6.92 Å². The molecule has 0 atom stereocenters. The van der Waals surface area contributed by atoms with Gasteiger partial charge in [0.15, 0.2) is 5.01 Å². The summed E-state index contributed by atoms with van der Waals surface area (Å²) in [6.45, 7) is 7.64. The van der Waals surface area contributed by atoms with Crippen molar-refractivity contribution >= 4 is 23.7 Å². The number of aryl methyl sites for hydroxylation is 2. The van der Waals surface area contributed by atoms with E-state index in [4.69, 9.17) is 10.8 Å². The molecule has 1 aromatic rings.